The van der Waals surface area contributed by atoms with E-state index in [1.807, 2.05) is 18.3 Å². The zero-order valence-corrected chi connectivity index (χ0v) is 14.0. The number of carbonyl (C=O) groups is 1. The molecular formula is C19H13N3O5. The summed E-state index contributed by atoms with van der Waals surface area (Å²) in [6.45, 7) is 0.0830. The van der Waals surface area contributed by atoms with Gasteiger partial charge in [0.2, 0.25) is 12.6 Å². The summed E-state index contributed by atoms with van der Waals surface area (Å²) in [4.78, 5) is 19.5. The highest BCUT2D eigenvalue weighted by atomic mass is 16.7. The van der Waals surface area contributed by atoms with E-state index in [1.165, 1.54) is 0 Å². The lowest BCUT2D eigenvalue weighted by atomic mass is 10.2. The van der Waals surface area contributed by atoms with Crippen molar-refractivity contribution in [2.24, 2.45) is 0 Å². The zero-order valence-electron chi connectivity index (χ0n) is 14.0. The predicted octanol–water partition coefficient (Wildman–Crippen LogP) is 3.30. The summed E-state index contributed by atoms with van der Waals surface area (Å²) in [5.74, 6) is 1.43. The quantitative estimate of drug-likeness (QED) is 0.555. The summed E-state index contributed by atoms with van der Waals surface area (Å²) in [5.41, 5.74) is 2.03. The van der Waals surface area contributed by atoms with Crippen molar-refractivity contribution in [2.75, 3.05) is 6.79 Å². The van der Waals surface area contributed by atoms with Crippen molar-refractivity contribution in [3.05, 3.63) is 60.1 Å². The maximum atomic E-state index is 12.2. The molecule has 1 aliphatic heterocycles. The highest BCUT2D eigenvalue weighted by Gasteiger charge is 2.17. The minimum atomic E-state index is -0.464. The van der Waals surface area contributed by atoms with Gasteiger partial charge >= 0.3 is 5.97 Å². The van der Waals surface area contributed by atoms with Gasteiger partial charge in [0.25, 0.3) is 5.89 Å². The Bertz CT molecular complexity index is 1150. The Morgan fingerprint density at radius 3 is 3.00 bits per heavy atom. The Kier molecular flexibility index (Phi) is 3.53. The Morgan fingerprint density at radius 1 is 1.11 bits per heavy atom. The van der Waals surface area contributed by atoms with Gasteiger partial charge in [0.1, 0.15) is 0 Å². The molecule has 2 aromatic heterocycles. The molecule has 0 unspecified atom stereocenters. The average molecular weight is 363 g/mol. The van der Waals surface area contributed by atoms with Gasteiger partial charge in [-0.15, -0.1) is 0 Å². The summed E-state index contributed by atoms with van der Waals surface area (Å²) >= 11 is 0. The van der Waals surface area contributed by atoms with Crippen molar-refractivity contribution in [1.82, 2.24) is 15.1 Å². The summed E-state index contributed by atoms with van der Waals surface area (Å²) in [6.07, 6.45) is 1.82. The number of hydrogen-bond donors (Lipinski definition) is 1. The minimum Gasteiger partial charge on any atom is -0.454 e. The Balaban J connectivity index is 1.28. The van der Waals surface area contributed by atoms with Crippen molar-refractivity contribution in [3.63, 3.8) is 0 Å². The highest BCUT2D eigenvalue weighted by Crippen LogP contribution is 2.35. The molecule has 2 aromatic carbocycles. The van der Waals surface area contributed by atoms with Gasteiger partial charge < -0.3 is 23.7 Å². The first-order valence-electron chi connectivity index (χ1n) is 8.23. The van der Waals surface area contributed by atoms with Gasteiger partial charge in [-0.05, 0) is 41.8 Å². The van der Waals surface area contributed by atoms with Crippen LogP contribution in [0.5, 0.6) is 11.5 Å². The van der Waals surface area contributed by atoms with E-state index in [9.17, 15) is 4.79 Å². The molecular weight excluding hydrogens is 350 g/mol. The molecule has 8 nitrogen and oxygen atoms in total. The SMILES string of the molecule is O=C(OCc1nc(-c2ccc3c(c2)OCO3)no1)c1ccc2cc[nH]c2c1. The number of aromatic amines is 1. The standard InChI is InChI=1S/C19H13N3O5/c23-19(13-2-1-11-5-6-20-14(11)7-13)24-9-17-21-18(22-27-17)12-3-4-15-16(8-12)26-10-25-15/h1-8,20H,9-10H2. The second-order valence-corrected chi connectivity index (χ2v) is 5.94. The van der Waals surface area contributed by atoms with Crippen LogP contribution in [0.3, 0.4) is 0 Å². The maximum absolute atomic E-state index is 12.2. The van der Waals surface area contributed by atoms with Crippen LogP contribution < -0.4 is 9.47 Å². The molecule has 4 aromatic rings. The fraction of sp³-hybridized carbons (Fsp3) is 0.105. The number of carbonyl (C=O) groups excluding carboxylic acids is 1. The Morgan fingerprint density at radius 2 is 2.04 bits per heavy atom. The first-order valence-corrected chi connectivity index (χ1v) is 8.23. The van der Waals surface area contributed by atoms with Gasteiger partial charge in [0, 0.05) is 17.3 Å². The smallest absolute Gasteiger partial charge is 0.338 e. The molecule has 0 aliphatic carbocycles. The number of benzene rings is 2. The number of H-pyrrole nitrogens is 1. The van der Waals surface area contributed by atoms with Crippen LogP contribution >= 0.6 is 0 Å². The molecule has 0 bridgehead atoms. The predicted molar refractivity (Wildman–Crippen MR) is 93.3 cm³/mol. The van der Waals surface area contributed by atoms with Gasteiger partial charge in [0.15, 0.2) is 18.1 Å². The summed E-state index contributed by atoms with van der Waals surface area (Å²) in [6, 6.07) is 12.6. The molecule has 0 amide bonds. The molecule has 8 heteroatoms. The number of rotatable bonds is 4. The van der Waals surface area contributed by atoms with Gasteiger partial charge in [0.05, 0.1) is 5.56 Å². The lowest BCUT2D eigenvalue weighted by Crippen LogP contribution is -2.05. The summed E-state index contributed by atoms with van der Waals surface area (Å²) in [7, 11) is 0. The van der Waals surface area contributed by atoms with E-state index in [2.05, 4.69) is 15.1 Å². The topological polar surface area (TPSA) is 99.5 Å². The molecule has 0 spiro atoms. The van der Waals surface area contributed by atoms with Crippen LogP contribution in [0.25, 0.3) is 22.3 Å². The first kappa shape index (κ1) is 15.4. The van der Waals surface area contributed by atoms with Crippen LogP contribution in [0.1, 0.15) is 16.2 Å². The zero-order chi connectivity index (χ0) is 18.2. The van der Waals surface area contributed by atoms with Crippen LogP contribution in [0.4, 0.5) is 0 Å². The second-order valence-electron chi connectivity index (χ2n) is 5.94. The molecule has 0 radical (unpaired) electrons. The number of ether oxygens (including phenoxy) is 3. The largest absolute Gasteiger partial charge is 0.454 e. The lowest BCUT2D eigenvalue weighted by molar-refractivity contribution is 0.0430. The highest BCUT2D eigenvalue weighted by molar-refractivity contribution is 5.94. The molecule has 0 atom stereocenters. The Labute approximate surface area is 152 Å². The van der Waals surface area contributed by atoms with E-state index in [-0.39, 0.29) is 19.3 Å². The minimum absolute atomic E-state index is 0.112. The van der Waals surface area contributed by atoms with E-state index in [1.54, 1.807) is 30.3 Å². The molecule has 1 N–H and O–H groups in total. The molecule has 1 aliphatic rings. The van der Waals surface area contributed by atoms with Crippen LogP contribution in [0, 0.1) is 0 Å². The molecule has 5 rings (SSSR count). The van der Waals surface area contributed by atoms with Gasteiger partial charge in [-0.2, -0.15) is 4.98 Å². The van der Waals surface area contributed by atoms with Crippen LogP contribution in [0.15, 0.2) is 53.2 Å². The van der Waals surface area contributed by atoms with E-state index in [4.69, 9.17) is 18.7 Å². The van der Waals surface area contributed by atoms with Gasteiger partial charge in [-0.3, -0.25) is 0 Å². The monoisotopic (exact) mass is 363 g/mol. The van der Waals surface area contributed by atoms with Crippen molar-refractivity contribution in [2.45, 2.75) is 6.61 Å². The molecule has 0 saturated carbocycles. The summed E-state index contributed by atoms with van der Waals surface area (Å²) < 4.78 is 21.1. The Hall–Kier alpha value is -3.81. The summed E-state index contributed by atoms with van der Waals surface area (Å²) in [5, 5.41) is 4.94. The van der Waals surface area contributed by atoms with Crippen LogP contribution in [-0.4, -0.2) is 27.9 Å². The third kappa shape index (κ3) is 2.86. The number of nitrogens with zero attached hydrogens (tertiary/aromatic N) is 2. The lowest BCUT2D eigenvalue weighted by Gasteiger charge is -2.02. The molecule has 134 valence electrons. The number of fused-ring (bicyclic) bond motifs is 2. The fourth-order valence-electron chi connectivity index (χ4n) is 2.85. The normalized spacial score (nSPS) is 12.4. The van der Waals surface area contributed by atoms with Crippen molar-refractivity contribution < 1.29 is 23.5 Å². The van der Waals surface area contributed by atoms with Crippen molar-refractivity contribution in [3.8, 4) is 22.9 Å². The average Bonchev–Trinajstić information content (AvgIpc) is 3.44. The molecule has 0 saturated heterocycles. The van der Waals surface area contributed by atoms with Crippen molar-refractivity contribution >= 4 is 16.9 Å². The third-order valence-electron chi connectivity index (χ3n) is 4.22. The first-order chi connectivity index (χ1) is 13.3. The number of nitrogens with one attached hydrogen (secondary N) is 1. The van der Waals surface area contributed by atoms with E-state index >= 15 is 0 Å². The fourth-order valence-corrected chi connectivity index (χ4v) is 2.85. The molecule has 0 fully saturated rings. The molecule has 3 heterocycles. The van der Waals surface area contributed by atoms with Gasteiger partial charge in [-0.25, -0.2) is 4.79 Å². The maximum Gasteiger partial charge on any atom is 0.338 e. The van der Waals surface area contributed by atoms with Crippen LogP contribution in [0.2, 0.25) is 0 Å². The third-order valence-corrected chi connectivity index (χ3v) is 4.22. The second kappa shape index (κ2) is 6.17. The number of aromatic nitrogens is 3. The van der Waals surface area contributed by atoms with Crippen LogP contribution in [-0.2, 0) is 11.3 Å². The number of hydrogen-bond acceptors (Lipinski definition) is 7. The number of esters is 1. The van der Waals surface area contributed by atoms with E-state index < -0.39 is 5.97 Å². The van der Waals surface area contributed by atoms with Gasteiger partial charge in [-0.1, -0.05) is 11.2 Å². The van der Waals surface area contributed by atoms with E-state index in [0.29, 0.717) is 22.9 Å². The molecule has 27 heavy (non-hydrogen) atoms. The van der Waals surface area contributed by atoms with E-state index in [0.717, 1.165) is 16.5 Å². The van der Waals surface area contributed by atoms with Crippen molar-refractivity contribution in [1.29, 1.82) is 0 Å².